The number of fused-ring (bicyclic) bond motifs is 1. The molecule has 0 aliphatic carbocycles. The average molecular weight is 336 g/mol. The molecule has 0 aliphatic heterocycles. The summed E-state index contributed by atoms with van der Waals surface area (Å²) in [6, 6.07) is 5.80. The van der Waals surface area contributed by atoms with Crippen LogP contribution in [0.3, 0.4) is 0 Å². The Bertz CT molecular complexity index is 628. The second-order valence-electron chi connectivity index (χ2n) is 4.69. The van der Waals surface area contributed by atoms with Crippen LogP contribution in [0.1, 0.15) is 6.92 Å². The van der Waals surface area contributed by atoms with Crippen molar-refractivity contribution in [2.45, 2.75) is 6.92 Å². The highest BCUT2D eigenvalue weighted by molar-refractivity contribution is 9.10. The average Bonchev–Trinajstić information content (AvgIpc) is 2.41. The van der Waals surface area contributed by atoms with E-state index in [-0.39, 0.29) is 0 Å². The predicted molar refractivity (Wildman–Crippen MR) is 88.0 cm³/mol. The molecular weight excluding hydrogens is 318 g/mol. The van der Waals surface area contributed by atoms with Crippen molar-refractivity contribution >= 4 is 38.2 Å². The smallest absolute Gasteiger partial charge is 0.0954 e. The van der Waals surface area contributed by atoms with Crippen molar-refractivity contribution in [3.8, 4) is 0 Å². The van der Waals surface area contributed by atoms with E-state index in [2.05, 4.69) is 32.8 Å². The number of hydrogen-bond acceptors (Lipinski definition) is 4. The van der Waals surface area contributed by atoms with Gasteiger partial charge in [-0.05, 0) is 41.1 Å². The fourth-order valence-corrected chi connectivity index (χ4v) is 2.19. The van der Waals surface area contributed by atoms with Gasteiger partial charge >= 0.3 is 0 Å². The maximum atomic E-state index is 5.98. The second-order valence-corrected chi connectivity index (χ2v) is 5.60. The van der Waals surface area contributed by atoms with E-state index < -0.39 is 0 Å². The van der Waals surface area contributed by atoms with Crippen molar-refractivity contribution in [2.75, 3.05) is 30.8 Å². The van der Waals surface area contributed by atoms with Gasteiger partial charge in [0, 0.05) is 28.3 Å². The molecule has 106 valence electrons. The van der Waals surface area contributed by atoms with E-state index in [0.717, 1.165) is 32.3 Å². The lowest BCUT2D eigenvalue weighted by molar-refractivity contribution is 0.167. The molecule has 3 N–H and O–H groups in total. The maximum absolute atomic E-state index is 5.98. The highest BCUT2D eigenvalue weighted by atomic mass is 79.9. The number of pyridine rings is 1. The molecule has 5 heteroatoms. The Labute approximate surface area is 127 Å². The van der Waals surface area contributed by atoms with Gasteiger partial charge in [0.25, 0.3) is 0 Å². The highest BCUT2D eigenvalue weighted by Crippen LogP contribution is 2.28. The number of nitrogens with zero attached hydrogens (tertiary/aromatic N) is 1. The quantitative estimate of drug-likeness (QED) is 0.481. The number of benzene rings is 1. The number of hydrogen-bond donors (Lipinski definition) is 2. The zero-order valence-corrected chi connectivity index (χ0v) is 13.0. The summed E-state index contributed by atoms with van der Waals surface area (Å²) in [6.07, 6.45) is 1.77. The Morgan fingerprint density at radius 3 is 3.05 bits per heavy atom. The van der Waals surface area contributed by atoms with Crippen LogP contribution in [0.4, 0.5) is 11.4 Å². The topological polar surface area (TPSA) is 60.2 Å². The summed E-state index contributed by atoms with van der Waals surface area (Å²) in [6.45, 7) is 7.67. The van der Waals surface area contributed by atoms with Gasteiger partial charge in [-0.25, -0.2) is 0 Å². The van der Waals surface area contributed by atoms with Crippen molar-refractivity contribution < 1.29 is 4.74 Å². The van der Waals surface area contributed by atoms with Crippen LogP contribution < -0.4 is 11.1 Å². The molecular formula is C15H18BrN3O. The van der Waals surface area contributed by atoms with Crippen LogP contribution in [0.25, 0.3) is 10.9 Å². The van der Waals surface area contributed by atoms with E-state index in [0.29, 0.717) is 19.8 Å². The van der Waals surface area contributed by atoms with Crippen molar-refractivity contribution in [1.82, 2.24) is 4.98 Å². The number of anilines is 2. The van der Waals surface area contributed by atoms with Crippen molar-refractivity contribution in [2.24, 2.45) is 0 Å². The number of ether oxygens (including phenoxy) is 1. The van der Waals surface area contributed by atoms with Crippen LogP contribution in [0, 0.1) is 0 Å². The zero-order chi connectivity index (χ0) is 14.5. The summed E-state index contributed by atoms with van der Waals surface area (Å²) < 4.78 is 6.37. The molecule has 1 heterocycles. The molecule has 2 rings (SSSR count). The van der Waals surface area contributed by atoms with Gasteiger partial charge in [0.15, 0.2) is 0 Å². The van der Waals surface area contributed by atoms with Gasteiger partial charge in [0.05, 0.1) is 24.4 Å². The Kier molecular flexibility index (Phi) is 4.98. The summed E-state index contributed by atoms with van der Waals surface area (Å²) in [4.78, 5) is 4.42. The lowest BCUT2D eigenvalue weighted by Crippen LogP contribution is -2.11. The van der Waals surface area contributed by atoms with Gasteiger partial charge in [-0.1, -0.05) is 12.2 Å². The molecule has 0 saturated carbocycles. The SMILES string of the molecule is C=C(C)COCCNc1ccc(N)c2cc(Br)cnc12. The minimum atomic E-state index is 0.593. The minimum absolute atomic E-state index is 0.593. The van der Waals surface area contributed by atoms with E-state index >= 15 is 0 Å². The van der Waals surface area contributed by atoms with Gasteiger partial charge in [0.1, 0.15) is 0 Å². The van der Waals surface area contributed by atoms with E-state index in [9.17, 15) is 0 Å². The highest BCUT2D eigenvalue weighted by Gasteiger charge is 2.06. The van der Waals surface area contributed by atoms with Crippen LogP contribution in [-0.4, -0.2) is 24.7 Å². The van der Waals surface area contributed by atoms with Crippen molar-refractivity contribution in [3.05, 3.63) is 41.0 Å². The van der Waals surface area contributed by atoms with Gasteiger partial charge in [-0.3, -0.25) is 4.98 Å². The summed E-state index contributed by atoms with van der Waals surface area (Å²) in [5.41, 5.74) is 9.55. The monoisotopic (exact) mass is 335 g/mol. The van der Waals surface area contributed by atoms with Gasteiger partial charge < -0.3 is 15.8 Å². The standard InChI is InChI=1S/C15H18BrN3O/c1-10(2)9-20-6-5-18-14-4-3-13(17)12-7-11(16)8-19-15(12)14/h3-4,7-8,18H,1,5-6,9,17H2,2H3. The Morgan fingerprint density at radius 1 is 1.50 bits per heavy atom. The number of nitrogen functional groups attached to an aromatic ring is 1. The maximum Gasteiger partial charge on any atom is 0.0954 e. The first-order valence-electron chi connectivity index (χ1n) is 6.37. The third kappa shape index (κ3) is 3.71. The van der Waals surface area contributed by atoms with Gasteiger partial charge in [0.2, 0.25) is 0 Å². The molecule has 0 atom stereocenters. The minimum Gasteiger partial charge on any atom is -0.398 e. The third-order valence-corrected chi connectivity index (χ3v) is 3.19. The predicted octanol–water partition coefficient (Wildman–Crippen LogP) is 3.58. The van der Waals surface area contributed by atoms with E-state index in [4.69, 9.17) is 10.5 Å². The molecule has 20 heavy (non-hydrogen) atoms. The summed E-state index contributed by atoms with van der Waals surface area (Å²) >= 11 is 3.41. The molecule has 2 aromatic rings. The molecule has 0 saturated heterocycles. The normalized spacial score (nSPS) is 10.7. The number of aromatic nitrogens is 1. The molecule has 0 amide bonds. The molecule has 1 aromatic heterocycles. The molecule has 4 nitrogen and oxygen atoms in total. The van der Waals surface area contributed by atoms with Crippen LogP contribution in [0.15, 0.2) is 41.0 Å². The summed E-state index contributed by atoms with van der Waals surface area (Å²) in [5.74, 6) is 0. The fraction of sp³-hybridized carbons (Fsp3) is 0.267. The lowest BCUT2D eigenvalue weighted by atomic mass is 10.1. The molecule has 0 aliphatic rings. The summed E-state index contributed by atoms with van der Waals surface area (Å²) in [7, 11) is 0. The number of halogens is 1. The first-order chi connectivity index (χ1) is 9.58. The molecule has 0 fully saturated rings. The molecule has 0 radical (unpaired) electrons. The molecule has 0 bridgehead atoms. The molecule has 1 aromatic carbocycles. The van der Waals surface area contributed by atoms with Crippen LogP contribution in [0.2, 0.25) is 0 Å². The van der Waals surface area contributed by atoms with E-state index in [1.54, 1.807) is 6.20 Å². The summed E-state index contributed by atoms with van der Waals surface area (Å²) in [5, 5.41) is 4.26. The fourth-order valence-electron chi connectivity index (χ4n) is 1.86. The largest absolute Gasteiger partial charge is 0.398 e. The van der Waals surface area contributed by atoms with Crippen LogP contribution in [-0.2, 0) is 4.74 Å². The Balaban J connectivity index is 2.07. The number of nitrogens with two attached hydrogens (primary N) is 1. The molecule has 0 unspecified atom stereocenters. The third-order valence-electron chi connectivity index (χ3n) is 2.76. The lowest BCUT2D eigenvalue weighted by Gasteiger charge is -2.11. The van der Waals surface area contributed by atoms with E-state index in [1.807, 2.05) is 25.1 Å². The zero-order valence-electron chi connectivity index (χ0n) is 11.4. The van der Waals surface area contributed by atoms with Crippen LogP contribution >= 0.6 is 15.9 Å². The Hall–Kier alpha value is -1.59. The molecule has 0 spiro atoms. The van der Waals surface area contributed by atoms with Crippen molar-refractivity contribution in [1.29, 1.82) is 0 Å². The van der Waals surface area contributed by atoms with Crippen LogP contribution in [0.5, 0.6) is 0 Å². The second kappa shape index (κ2) is 6.72. The Morgan fingerprint density at radius 2 is 2.30 bits per heavy atom. The first-order valence-corrected chi connectivity index (χ1v) is 7.17. The van der Waals surface area contributed by atoms with Crippen molar-refractivity contribution in [3.63, 3.8) is 0 Å². The number of rotatable bonds is 6. The van der Waals surface area contributed by atoms with E-state index in [1.165, 1.54) is 0 Å². The number of nitrogens with one attached hydrogen (secondary N) is 1. The first kappa shape index (κ1) is 14.8. The van der Waals surface area contributed by atoms with Gasteiger partial charge in [-0.2, -0.15) is 0 Å². The van der Waals surface area contributed by atoms with Gasteiger partial charge in [-0.15, -0.1) is 0 Å².